The van der Waals surface area contributed by atoms with E-state index in [-0.39, 0.29) is 5.91 Å². The number of para-hydroxylation sites is 1. The molecule has 1 atom stereocenters. The number of carbonyl (C=O) groups is 1. The number of aliphatic hydroxyl groups is 1. The summed E-state index contributed by atoms with van der Waals surface area (Å²) in [5.41, 5.74) is 7.04. The van der Waals surface area contributed by atoms with E-state index in [1.807, 2.05) is 17.0 Å². The molecule has 6 nitrogen and oxygen atoms in total. The highest BCUT2D eigenvalue weighted by atomic mass is 16.2. The van der Waals surface area contributed by atoms with Crippen molar-refractivity contribution in [2.24, 2.45) is 0 Å². The molecule has 0 aliphatic carbocycles. The number of nitrogens with zero attached hydrogens (tertiary/aromatic N) is 1. The monoisotopic (exact) mass is 306 g/mol. The van der Waals surface area contributed by atoms with E-state index in [4.69, 9.17) is 21.7 Å². The third-order valence-electron chi connectivity index (χ3n) is 3.34. The van der Waals surface area contributed by atoms with Crippen molar-refractivity contribution in [1.82, 2.24) is 4.90 Å². The molecule has 22 heavy (non-hydrogen) atoms. The van der Waals surface area contributed by atoms with Crippen LogP contribution in [-0.2, 0) is 0 Å². The summed E-state index contributed by atoms with van der Waals surface area (Å²) in [6, 6.07) is 7.63. The molecule has 1 saturated heterocycles. The van der Waals surface area contributed by atoms with Crippen LogP contribution < -0.4 is 5.73 Å². The van der Waals surface area contributed by atoms with Crippen LogP contribution in [0.4, 0.5) is 5.69 Å². The van der Waals surface area contributed by atoms with E-state index in [0.29, 0.717) is 17.3 Å². The molecule has 2 rings (SSSR count). The highest BCUT2D eigenvalue weighted by Crippen LogP contribution is 2.21. The van der Waals surface area contributed by atoms with Gasteiger partial charge in [0.15, 0.2) is 0 Å². The molecule has 6 heteroatoms. The first kappa shape index (κ1) is 19.8. The zero-order valence-electron chi connectivity index (χ0n) is 13.2. The van der Waals surface area contributed by atoms with Crippen LogP contribution >= 0.6 is 0 Å². The first-order valence-electron chi connectivity index (χ1n) is 7.21. The van der Waals surface area contributed by atoms with E-state index in [0.717, 1.165) is 38.9 Å². The Morgan fingerprint density at radius 1 is 1.27 bits per heavy atom. The summed E-state index contributed by atoms with van der Waals surface area (Å²) < 4.78 is 0. The summed E-state index contributed by atoms with van der Waals surface area (Å²) in [5, 5.41) is 19.2. The van der Waals surface area contributed by atoms with Gasteiger partial charge in [0.2, 0.25) is 0 Å². The van der Waals surface area contributed by atoms with Crippen molar-refractivity contribution in [2.45, 2.75) is 32.2 Å². The largest absolute Gasteiger partial charge is 0.400 e. The zero-order valence-corrected chi connectivity index (χ0v) is 13.2. The lowest BCUT2D eigenvalue weighted by Gasteiger charge is -2.33. The number of nitrogen functional groups attached to an aromatic ring is 1. The summed E-state index contributed by atoms with van der Waals surface area (Å²) in [7, 11) is 1.00. The van der Waals surface area contributed by atoms with E-state index < -0.39 is 0 Å². The summed E-state index contributed by atoms with van der Waals surface area (Å²) in [6.45, 7) is 2.96. The molecule has 1 amide bonds. The number of anilines is 1. The minimum absolute atomic E-state index is 0.0744. The van der Waals surface area contributed by atoms with E-state index >= 15 is 0 Å². The number of rotatable bonds is 2. The second-order valence-corrected chi connectivity index (χ2v) is 4.76. The number of amides is 1. The van der Waals surface area contributed by atoms with Gasteiger partial charge in [0, 0.05) is 37.8 Å². The van der Waals surface area contributed by atoms with Crippen molar-refractivity contribution >= 4 is 24.0 Å². The zero-order chi connectivity index (χ0) is 17.0. The molecular formula is C16H26N4O2. The second-order valence-electron chi connectivity index (χ2n) is 4.76. The van der Waals surface area contributed by atoms with Gasteiger partial charge in [-0.25, -0.2) is 0 Å². The van der Waals surface area contributed by atoms with Gasteiger partial charge in [-0.05, 0) is 38.3 Å². The van der Waals surface area contributed by atoms with Crippen molar-refractivity contribution in [3.63, 3.8) is 0 Å². The maximum atomic E-state index is 12.3. The highest BCUT2D eigenvalue weighted by Gasteiger charge is 2.24. The number of nitrogens with one attached hydrogen (secondary N) is 2. The van der Waals surface area contributed by atoms with Gasteiger partial charge < -0.3 is 26.6 Å². The van der Waals surface area contributed by atoms with Gasteiger partial charge in [-0.3, -0.25) is 4.79 Å². The Kier molecular flexibility index (Phi) is 10.3. The number of nitrogens with two attached hydrogens (primary N) is 1. The molecule has 1 aromatic rings. The molecule has 0 unspecified atom stereocenters. The highest BCUT2D eigenvalue weighted by molar-refractivity contribution is 6.12. The number of hydrogen-bond donors (Lipinski definition) is 4. The molecule has 0 aromatic heterocycles. The van der Waals surface area contributed by atoms with Crippen molar-refractivity contribution in [3.8, 4) is 0 Å². The predicted octanol–water partition coefficient (Wildman–Crippen LogP) is 2.18. The van der Waals surface area contributed by atoms with Crippen LogP contribution in [0.25, 0.3) is 0 Å². The Morgan fingerprint density at radius 2 is 1.86 bits per heavy atom. The molecule has 0 bridgehead atoms. The lowest BCUT2D eigenvalue weighted by molar-refractivity contribution is 0.0636. The number of aliphatic hydroxyl groups excluding tert-OH is 1. The normalized spacial score (nSPS) is 16.3. The van der Waals surface area contributed by atoms with Crippen LogP contribution in [0.3, 0.4) is 0 Å². The third kappa shape index (κ3) is 6.05. The molecule has 122 valence electrons. The van der Waals surface area contributed by atoms with Gasteiger partial charge in [-0.15, -0.1) is 0 Å². The average molecular weight is 306 g/mol. The summed E-state index contributed by atoms with van der Waals surface area (Å²) in [4.78, 5) is 14.2. The first-order chi connectivity index (χ1) is 10.6. The fourth-order valence-electron chi connectivity index (χ4n) is 2.25. The van der Waals surface area contributed by atoms with Crippen molar-refractivity contribution < 1.29 is 9.90 Å². The van der Waals surface area contributed by atoms with Crippen molar-refractivity contribution in [1.29, 1.82) is 10.8 Å². The van der Waals surface area contributed by atoms with Gasteiger partial charge in [-0.1, -0.05) is 12.1 Å². The molecule has 1 heterocycles. The molecule has 1 fully saturated rings. The van der Waals surface area contributed by atoms with Crippen molar-refractivity contribution in [3.05, 3.63) is 29.8 Å². The molecule has 1 aromatic carbocycles. The molecule has 0 saturated carbocycles. The number of hydrogen-bond acceptors (Lipinski definition) is 5. The lowest BCUT2D eigenvalue weighted by atomic mass is 10.0. The van der Waals surface area contributed by atoms with Gasteiger partial charge in [0.25, 0.3) is 5.91 Å². The van der Waals surface area contributed by atoms with Gasteiger partial charge in [0.1, 0.15) is 0 Å². The SMILES string of the molecule is CO.C[C@@H]1CCCCN1C(=O)c1ccccc1N.N=CC=N. The molecule has 1 aliphatic rings. The molecule has 1 aliphatic heterocycles. The lowest BCUT2D eigenvalue weighted by Crippen LogP contribution is -2.42. The fourth-order valence-corrected chi connectivity index (χ4v) is 2.25. The van der Waals surface area contributed by atoms with Crippen LogP contribution in [0.2, 0.25) is 0 Å². The van der Waals surface area contributed by atoms with Gasteiger partial charge >= 0.3 is 0 Å². The molecule has 5 N–H and O–H groups in total. The fraction of sp³-hybridized carbons (Fsp3) is 0.438. The summed E-state index contributed by atoms with van der Waals surface area (Å²) >= 11 is 0. The van der Waals surface area contributed by atoms with Gasteiger partial charge in [0.05, 0.1) is 5.56 Å². The average Bonchev–Trinajstić information content (AvgIpc) is 2.57. The molecule has 0 radical (unpaired) electrons. The number of piperidine rings is 1. The van der Waals surface area contributed by atoms with Crippen molar-refractivity contribution in [2.75, 3.05) is 19.4 Å². The van der Waals surface area contributed by atoms with Crippen LogP contribution in [0.15, 0.2) is 24.3 Å². The van der Waals surface area contributed by atoms with Crippen LogP contribution in [-0.4, -0.2) is 48.0 Å². The van der Waals surface area contributed by atoms with Crippen LogP contribution in [0.1, 0.15) is 36.5 Å². The molecular weight excluding hydrogens is 280 g/mol. The quantitative estimate of drug-likeness (QED) is 0.496. The van der Waals surface area contributed by atoms with E-state index in [2.05, 4.69) is 6.92 Å². The topological polar surface area (TPSA) is 114 Å². The third-order valence-corrected chi connectivity index (χ3v) is 3.34. The second kappa shape index (κ2) is 11.4. The van der Waals surface area contributed by atoms with Crippen LogP contribution in [0.5, 0.6) is 0 Å². The van der Waals surface area contributed by atoms with E-state index in [1.54, 1.807) is 12.1 Å². The number of benzene rings is 1. The van der Waals surface area contributed by atoms with E-state index in [1.165, 1.54) is 6.42 Å². The Bertz CT molecular complexity index is 471. The maximum Gasteiger partial charge on any atom is 0.256 e. The maximum absolute atomic E-state index is 12.3. The summed E-state index contributed by atoms with van der Waals surface area (Å²) in [6.07, 6.45) is 5.25. The number of likely N-dealkylation sites (tertiary alicyclic amines) is 1. The van der Waals surface area contributed by atoms with Gasteiger partial charge in [-0.2, -0.15) is 0 Å². The first-order valence-corrected chi connectivity index (χ1v) is 7.21. The minimum atomic E-state index is 0.0744. The standard InChI is InChI=1S/C13H18N2O.C2H4N2.CH4O/c1-10-6-4-5-9-15(10)13(16)11-7-2-3-8-12(11)14;3-1-2-4;1-2/h2-3,7-8,10H,4-6,9,14H2,1H3;1-4H;2H,1H3/t10-;;/m1../s1. The van der Waals surface area contributed by atoms with E-state index in [9.17, 15) is 4.79 Å². The Hall–Kier alpha value is -2.21. The molecule has 0 spiro atoms. The minimum Gasteiger partial charge on any atom is -0.400 e. The predicted molar refractivity (Wildman–Crippen MR) is 90.9 cm³/mol. The smallest absolute Gasteiger partial charge is 0.256 e. The summed E-state index contributed by atoms with van der Waals surface area (Å²) in [5.74, 6) is 0.0744. The Balaban J connectivity index is 0.000000640. The van der Waals surface area contributed by atoms with Crippen LogP contribution in [0, 0.1) is 10.8 Å². The number of carbonyl (C=O) groups excluding carboxylic acids is 1. The Labute approximate surface area is 132 Å². The Morgan fingerprint density at radius 3 is 2.36 bits per heavy atom.